The van der Waals surface area contributed by atoms with Gasteiger partial charge in [0.2, 0.25) is 0 Å². The van der Waals surface area contributed by atoms with Gasteiger partial charge in [-0.3, -0.25) is 0 Å². The molecule has 0 radical (unpaired) electrons. The molecule has 0 aliphatic carbocycles. The van der Waals surface area contributed by atoms with Crippen molar-refractivity contribution in [2.24, 2.45) is 0 Å². The highest BCUT2D eigenvalue weighted by Crippen LogP contribution is 2.28. The first-order valence-electron chi connectivity index (χ1n) is 3.88. The largest absolute Gasteiger partial charge is 0.573 e. The Balaban J connectivity index is 3.26. The zero-order valence-corrected chi connectivity index (χ0v) is 9.40. The second-order valence-electron chi connectivity index (χ2n) is 2.76. The van der Waals surface area contributed by atoms with Crippen molar-refractivity contribution in [2.45, 2.75) is 11.3 Å². The molecule has 0 heterocycles. The van der Waals surface area contributed by atoms with Gasteiger partial charge in [-0.2, -0.15) is 5.26 Å². The maximum Gasteiger partial charge on any atom is 0.573 e. The fourth-order valence-electron chi connectivity index (χ4n) is 0.962. The van der Waals surface area contributed by atoms with Gasteiger partial charge in [0.25, 0.3) is 9.05 Å². The first-order valence-corrected chi connectivity index (χ1v) is 6.19. The molecule has 17 heavy (non-hydrogen) atoms. The van der Waals surface area contributed by atoms with Crippen LogP contribution >= 0.6 is 10.7 Å². The smallest absolute Gasteiger partial charge is 0.404 e. The molecule has 0 atom stereocenters. The number of halogens is 4. The summed E-state index contributed by atoms with van der Waals surface area (Å²) in [6.45, 7) is 0. The minimum absolute atomic E-state index is 0.481. The zero-order chi connectivity index (χ0) is 13.3. The lowest BCUT2D eigenvalue weighted by Crippen LogP contribution is -2.17. The molecule has 0 bridgehead atoms. The van der Waals surface area contributed by atoms with Gasteiger partial charge in [0, 0.05) is 10.7 Å². The zero-order valence-electron chi connectivity index (χ0n) is 7.82. The summed E-state index contributed by atoms with van der Waals surface area (Å²) in [4.78, 5) is -0.481. The topological polar surface area (TPSA) is 67.2 Å². The van der Waals surface area contributed by atoms with Crippen molar-refractivity contribution in [1.82, 2.24) is 0 Å². The van der Waals surface area contributed by atoms with Crippen LogP contribution in [0.3, 0.4) is 0 Å². The third kappa shape index (κ3) is 3.80. The van der Waals surface area contributed by atoms with E-state index in [4.69, 9.17) is 15.9 Å². The van der Waals surface area contributed by atoms with Crippen molar-refractivity contribution in [1.29, 1.82) is 5.26 Å². The predicted octanol–water partition coefficient (Wildman–Crippen LogP) is 2.38. The van der Waals surface area contributed by atoms with Crippen LogP contribution in [0.2, 0.25) is 0 Å². The van der Waals surface area contributed by atoms with E-state index in [0.29, 0.717) is 12.1 Å². The highest BCUT2D eigenvalue weighted by atomic mass is 35.7. The molecule has 1 aromatic carbocycles. The molecule has 0 aliphatic heterocycles. The van der Waals surface area contributed by atoms with E-state index in [9.17, 15) is 21.6 Å². The van der Waals surface area contributed by atoms with E-state index in [1.165, 1.54) is 6.07 Å². The van der Waals surface area contributed by atoms with E-state index in [0.717, 1.165) is 6.07 Å². The van der Waals surface area contributed by atoms with Gasteiger partial charge >= 0.3 is 6.36 Å². The van der Waals surface area contributed by atoms with Crippen molar-refractivity contribution >= 4 is 19.7 Å². The van der Waals surface area contributed by atoms with E-state index in [1.54, 1.807) is 0 Å². The van der Waals surface area contributed by atoms with Crippen molar-refractivity contribution in [2.75, 3.05) is 0 Å². The van der Waals surface area contributed by atoms with Crippen LogP contribution in [0.5, 0.6) is 5.75 Å². The molecule has 0 saturated carbocycles. The summed E-state index contributed by atoms with van der Waals surface area (Å²) in [6.07, 6.45) is -4.97. The molecule has 0 N–H and O–H groups in total. The highest BCUT2D eigenvalue weighted by molar-refractivity contribution is 8.13. The van der Waals surface area contributed by atoms with Crippen LogP contribution in [0.1, 0.15) is 5.56 Å². The number of rotatable bonds is 2. The first-order chi connectivity index (χ1) is 7.63. The Morgan fingerprint density at radius 3 is 2.35 bits per heavy atom. The number of alkyl halides is 3. The molecule has 0 unspecified atom stereocenters. The Hall–Kier alpha value is -1.46. The molecule has 0 spiro atoms. The van der Waals surface area contributed by atoms with Crippen LogP contribution in [0.25, 0.3) is 0 Å². The minimum Gasteiger partial charge on any atom is -0.404 e. The number of nitriles is 1. The quantitative estimate of drug-likeness (QED) is 0.783. The number of hydrogen-bond donors (Lipinski definition) is 0. The normalized spacial score (nSPS) is 11.9. The number of ether oxygens (including phenoxy) is 1. The lowest BCUT2D eigenvalue weighted by Gasteiger charge is -2.10. The van der Waals surface area contributed by atoms with Crippen LogP contribution in [0.4, 0.5) is 13.2 Å². The lowest BCUT2D eigenvalue weighted by atomic mass is 10.2. The Labute approximate surface area is 98.6 Å². The molecule has 0 aromatic heterocycles. The van der Waals surface area contributed by atoms with Gasteiger partial charge in [-0.25, -0.2) is 8.42 Å². The minimum atomic E-state index is -4.97. The molecule has 9 heteroatoms. The summed E-state index contributed by atoms with van der Waals surface area (Å²) in [5.74, 6) is -0.788. The molecule has 1 rings (SSSR count). The van der Waals surface area contributed by atoms with E-state index in [2.05, 4.69) is 4.74 Å². The summed E-state index contributed by atoms with van der Waals surface area (Å²) in [5, 5.41) is 8.57. The summed E-state index contributed by atoms with van der Waals surface area (Å²) in [7, 11) is 0.861. The third-order valence-corrected chi connectivity index (χ3v) is 2.93. The summed E-state index contributed by atoms with van der Waals surface area (Å²) in [5.41, 5.74) is -0.580. The van der Waals surface area contributed by atoms with Crippen LogP contribution in [0, 0.1) is 11.3 Å². The maximum absolute atomic E-state index is 11.9. The lowest BCUT2D eigenvalue weighted by molar-refractivity contribution is -0.274. The van der Waals surface area contributed by atoms with E-state index in [1.807, 2.05) is 0 Å². The Kier molecular flexibility index (Phi) is 3.54. The van der Waals surface area contributed by atoms with Crippen LogP contribution in [0.15, 0.2) is 23.1 Å². The van der Waals surface area contributed by atoms with Crippen molar-refractivity contribution in [3.8, 4) is 11.8 Å². The highest BCUT2D eigenvalue weighted by Gasteiger charge is 2.32. The average Bonchev–Trinajstić information content (AvgIpc) is 2.14. The van der Waals surface area contributed by atoms with Gasteiger partial charge in [0.1, 0.15) is 11.8 Å². The van der Waals surface area contributed by atoms with Crippen molar-refractivity contribution in [3.05, 3.63) is 23.8 Å². The van der Waals surface area contributed by atoms with Gasteiger partial charge in [0.05, 0.1) is 10.5 Å². The standard InChI is InChI=1S/C8H3ClF3NO3S/c9-17(14,15)6-1-2-7(5(3-6)4-13)16-8(10,11)12/h1-3H. The maximum atomic E-state index is 11.9. The Bertz CT molecular complexity index is 577. The summed E-state index contributed by atoms with van der Waals surface area (Å²) >= 11 is 0. The van der Waals surface area contributed by atoms with Gasteiger partial charge < -0.3 is 4.74 Å². The van der Waals surface area contributed by atoms with E-state index in [-0.39, 0.29) is 0 Å². The van der Waals surface area contributed by atoms with Crippen LogP contribution < -0.4 is 4.74 Å². The molecular formula is C8H3ClF3NO3S. The van der Waals surface area contributed by atoms with Crippen LogP contribution in [-0.2, 0) is 9.05 Å². The van der Waals surface area contributed by atoms with E-state index >= 15 is 0 Å². The molecule has 0 fully saturated rings. The molecule has 0 aliphatic rings. The fraction of sp³-hybridized carbons (Fsp3) is 0.125. The molecule has 0 saturated heterocycles. The first kappa shape index (κ1) is 13.6. The average molecular weight is 286 g/mol. The van der Waals surface area contributed by atoms with Gasteiger partial charge in [-0.05, 0) is 18.2 Å². The van der Waals surface area contributed by atoms with Gasteiger partial charge in [-0.1, -0.05) is 0 Å². The molecular weight excluding hydrogens is 283 g/mol. The fourth-order valence-corrected chi connectivity index (χ4v) is 1.74. The number of benzene rings is 1. The van der Waals surface area contributed by atoms with Gasteiger partial charge in [0.15, 0.2) is 0 Å². The predicted molar refractivity (Wildman–Crippen MR) is 50.9 cm³/mol. The number of nitrogens with zero attached hydrogens (tertiary/aromatic N) is 1. The molecule has 1 aromatic rings. The Morgan fingerprint density at radius 1 is 1.35 bits per heavy atom. The second-order valence-corrected chi connectivity index (χ2v) is 5.32. The molecule has 0 amide bonds. The monoisotopic (exact) mass is 285 g/mol. The van der Waals surface area contributed by atoms with Crippen molar-refractivity contribution in [3.63, 3.8) is 0 Å². The second kappa shape index (κ2) is 4.43. The SMILES string of the molecule is N#Cc1cc(S(=O)(=O)Cl)ccc1OC(F)(F)F. The third-order valence-electron chi connectivity index (χ3n) is 1.58. The molecule has 4 nitrogen and oxygen atoms in total. The van der Waals surface area contributed by atoms with E-state index < -0.39 is 31.6 Å². The summed E-state index contributed by atoms with van der Waals surface area (Å²) in [6, 6.07) is 3.60. The van der Waals surface area contributed by atoms with Gasteiger partial charge in [-0.15, -0.1) is 13.2 Å². The molecule has 92 valence electrons. The number of hydrogen-bond acceptors (Lipinski definition) is 4. The van der Waals surface area contributed by atoms with Crippen molar-refractivity contribution < 1.29 is 26.3 Å². The van der Waals surface area contributed by atoms with Crippen LogP contribution in [-0.4, -0.2) is 14.8 Å². The summed E-state index contributed by atoms with van der Waals surface area (Å²) < 4.78 is 61.1. The Morgan fingerprint density at radius 2 is 1.94 bits per heavy atom.